The molecule has 1 aromatic rings. The number of hydrogen-bond donors (Lipinski definition) is 1. The van der Waals surface area contributed by atoms with Crippen LogP contribution in [0.1, 0.15) is 5.56 Å². The number of thioether (sulfide) groups is 1. The van der Waals surface area contributed by atoms with E-state index in [-0.39, 0.29) is 5.97 Å². The van der Waals surface area contributed by atoms with Crippen LogP contribution >= 0.6 is 11.8 Å². The quantitative estimate of drug-likeness (QED) is 0.659. The van der Waals surface area contributed by atoms with E-state index in [1.54, 1.807) is 6.07 Å². The van der Waals surface area contributed by atoms with Gasteiger partial charge in [0.05, 0.1) is 12.9 Å². The molecule has 5 nitrogen and oxygen atoms in total. The van der Waals surface area contributed by atoms with Gasteiger partial charge < -0.3 is 19.9 Å². The fourth-order valence-corrected chi connectivity index (χ4v) is 2.43. The molecule has 1 aliphatic rings. The van der Waals surface area contributed by atoms with Gasteiger partial charge in [0.25, 0.3) is 0 Å². The number of anilines is 1. The second-order valence-corrected chi connectivity index (χ2v) is 4.75. The first-order valence-electron chi connectivity index (χ1n) is 5.53. The van der Waals surface area contributed by atoms with E-state index in [2.05, 4.69) is 4.74 Å². The molecule has 0 saturated heterocycles. The number of benzene rings is 1. The Labute approximate surface area is 110 Å². The Morgan fingerprint density at radius 1 is 1.39 bits per heavy atom. The van der Waals surface area contributed by atoms with Crippen molar-refractivity contribution in [3.05, 3.63) is 17.7 Å². The molecular formula is C12H15NO4S. The maximum Gasteiger partial charge on any atom is 0.315 e. The molecule has 0 amide bonds. The second kappa shape index (κ2) is 5.86. The van der Waals surface area contributed by atoms with E-state index < -0.39 is 0 Å². The summed E-state index contributed by atoms with van der Waals surface area (Å²) in [6.07, 6.45) is 0. The molecule has 0 bridgehead atoms. The molecular weight excluding hydrogens is 254 g/mol. The molecule has 0 aliphatic carbocycles. The fraction of sp³-hybridized carbons (Fsp3) is 0.417. The van der Waals surface area contributed by atoms with Crippen molar-refractivity contribution >= 4 is 23.4 Å². The first kappa shape index (κ1) is 12.9. The normalized spacial score (nSPS) is 13.2. The lowest BCUT2D eigenvalue weighted by Gasteiger charge is -2.20. The minimum atomic E-state index is -0.240. The molecule has 0 unspecified atom stereocenters. The number of hydrogen-bond acceptors (Lipinski definition) is 6. The minimum absolute atomic E-state index is 0.240. The van der Waals surface area contributed by atoms with E-state index in [9.17, 15) is 4.79 Å². The zero-order valence-electron chi connectivity index (χ0n) is 10.1. The summed E-state index contributed by atoms with van der Waals surface area (Å²) in [5, 5.41) is 0. The number of ether oxygens (including phenoxy) is 3. The lowest BCUT2D eigenvalue weighted by molar-refractivity contribution is -0.137. The van der Waals surface area contributed by atoms with Gasteiger partial charge in [0.15, 0.2) is 11.5 Å². The van der Waals surface area contributed by atoms with Crippen molar-refractivity contribution in [2.45, 2.75) is 5.75 Å². The number of nitrogen functional groups attached to an aromatic ring is 1. The topological polar surface area (TPSA) is 70.8 Å². The maximum atomic E-state index is 11.0. The zero-order chi connectivity index (χ0) is 13.0. The summed E-state index contributed by atoms with van der Waals surface area (Å²) in [6.45, 7) is 1.09. The molecule has 98 valence electrons. The van der Waals surface area contributed by atoms with Crippen molar-refractivity contribution in [1.29, 1.82) is 0 Å². The van der Waals surface area contributed by atoms with Crippen LogP contribution in [0.2, 0.25) is 0 Å². The number of carbonyl (C=O) groups excluding carboxylic acids is 1. The second-order valence-electron chi connectivity index (χ2n) is 3.76. The summed E-state index contributed by atoms with van der Waals surface area (Å²) in [7, 11) is 1.38. The Bertz CT molecular complexity index is 450. The van der Waals surface area contributed by atoms with E-state index in [0.717, 1.165) is 5.56 Å². The van der Waals surface area contributed by atoms with Crippen molar-refractivity contribution in [3.8, 4) is 11.5 Å². The first-order chi connectivity index (χ1) is 8.70. The molecule has 0 atom stereocenters. The molecule has 2 rings (SSSR count). The SMILES string of the molecule is COC(=O)CSCc1cc2c(cc1N)OCCO2. The number of methoxy groups -OCH3 is 1. The first-order valence-corrected chi connectivity index (χ1v) is 6.68. The lowest BCUT2D eigenvalue weighted by Crippen LogP contribution is -2.16. The predicted octanol–water partition coefficient (Wildman–Crippen LogP) is 1.45. The van der Waals surface area contributed by atoms with Gasteiger partial charge in [-0.1, -0.05) is 0 Å². The van der Waals surface area contributed by atoms with Gasteiger partial charge in [-0.2, -0.15) is 0 Å². The molecule has 0 fully saturated rings. The van der Waals surface area contributed by atoms with Crippen LogP contribution in [0.25, 0.3) is 0 Å². The maximum absolute atomic E-state index is 11.0. The van der Waals surface area contributed by atoms with Crippen LogP contribution in [-0.4, -0.2) is 32.0 Å². The van der Waals surface area contributed by atoms with Crippen LogP contribution < -0.4 is 15.2 Å². The average Bonchev–Trinajstić information content (AvgIpc) is 2.39. The monoisotopic (exact) mass is 269 g/mol. The molecule has 6 heteroatoms. The lowest BCUT2D eigenvalue weighted by atomic mass is 10.2. The van der Waals surface area contributed by atoms with Gasteiger partial charge in [-0.15, -0.1) is 11.8 Å². The third-order valence-electron chi connectivity index (χ3n) is 2.51. The van der Waals surface area contributed by atoms with Crippen molar-refractivity contribution < 1.29 is 19.0 Å². The van der Waals surface area contributed by atoms with E-state index in [0.29, 0.717) is 41.9 Å². The van der Waals surface area contributed by atoms with Crippen molar-refractivity contribution in [1.82, 2.24) is 0 Å². The smallest absolute Gasteiger partial charge is 0.315 e. The molecule has 2 N–H and O–H groups in total. The van der Waals surface area contributed by atoms with Gasteiger partial charge in [-0.05, 0) is 11.6 Å². The van der Waals surface area contributed by atoms with Gasteiger partial charge >= 0.3 is 5.97 Å². The van der Waals surface area contributed by atoms with Crippen molar-refractivity contribution in [3.63, 3.8) is 0 Å². The molecule has 1 aromatic carbocycles. The van der Waals surface area contributed by atoms with Crippen molar-refractivity contribution in [2.75, 3.05) is 31.8 Å². The third kappa shape index (κ3) is 3.01. The molecule has 0 spiro atoms. The van der Waals surface area contributed by atoms with Gasteiger partial charge in [0.2, 0.25) is 0 Å². The molecule has 0 aromatic heterocycles. The van der Waals surface area contributed by atoms with Crippen LogP contribution in [0.5, 0.6) is 11.5 Å². The van der Waals surface area contributed by atoms with Crippen LogP contribution in [-0.2, 0) is 15.3 Å². The Hall–Kier alpha value is -1.56. The van der Waals surface area contributed by atoms with E-state index in [1.807, 2.05) is 6.07 Å². The van der Waals surface area contributed by atoms with Crippen LogP contribution in [0.15, 0.2) is 12.1 Å². The zero-order valence-corrected chi connectivity index (χ0v) is 10.9. The summed E-state index contributed by atoms with van der Waals surface area (Å²) >= 11 is 1.45. The van der Waals surface area contributed by atoms with Crippen LogP contribution in [0.3, 0.4) is 0 Å². The highest BCUT2D eigenvalue weighted by Gasteiger charge is 2.14. The summed E-state index contributed by atoms with van der Waals surface area (Å²) in [5.74, 6) is 2.10. The third-order valence-corrected chi connectivity index (χ3v) is 3.46. The largest absolute Gasteiger partial charge is 0.486 e. The number of carbonyl (C=O) groups is 1. The van der Waals surface area contributed by atoms with Gasteiger partial charge in [-0.25, -0.2) is 0 Å². The number of esters is 1. The Morgan fingerprint density at radius 3 is 2.72 bits per heavy atom. The summed E-state index contributed by atoms with van der Waals surface area (Å²) in [6, 6.07) is 3.64. The average molecular weight is 269 g/mol. The molecule has 1 aliphatic heterocycles. The minimum Gasteiger partial charge on any atom is -0.486 e. The highest BCUT2D eigenvalue weighted by Crippen LogP contribution is 2.35. The van der Waals surface area contributed by atoms with E-state index >= 15 is 0 Å². The summed E-state index contributed by atoms with van der Waals surface area (Å²) < 4.78 is 15.5. The fourth-order valence-electron chi connectivity index (χ4n) is 1.57. The number of nitrogens with two attached hydrogens (primary N) is 1. The van der Waals surface area contributed by atoms with E-state index in [4.69, 9.17) is 15.2 Å². The van der Waals surface area contributed by atoms with Gasteiger partial charge in [0.1, 0.15) is 13.2 Å². The highest BCUT2D eigenvalue weighted by atomic mass is 32.2. The van der Waals surface area contributed by atoms with E-state index in [1.165, 1.54) is 18.9 Å². The highest BCUT2D eigenvalue weighted by molar-refractivity contribution is 7.99. The molecule has 1 heterocycles. The molecule has 0 saturated carbocycles. The molecule has 18 heavy (non-hydrogen) atoms. The Balaban J connectivity index is 2.02. The summed E-state index contributed by atoms with van der Waals surface area (Å²) in [4.78, 5) is 11.0. The number of fused-ring (bicyclic) bond motifs is 1. The van der Waals surface area contributed by atoms with Crippen molar-refractivity contribution in [2.24, 2.45) is 0 Å². The predicted molar refractivity (Wildman–Crippen MR) is 70.0 cm³/mol. The van der Waals surface area contributed by atoms with Gasteiger partial charge in [-0.3, -0.25) is 4.79 Å². The van der Waals surface area contributed by atoms with Crippen LogP contribution in [0.4, 0.5) is 5.69 Å². The molecule has 0 radical (unpaired) electrons. The Morgan fingerprint density at radius 2 is 2.06 bits per heavy atom. The summed E-state index contributed by atoms with van der Waals surface area (Å²) in [5.41, 5.74) is 7.52. The Kier molecular flexibility index (Phi) is 4.19. The standard InChI is InChI=1S/C12H15NO4S/c1-15-12(14)7-18-6-8-4-10-11(5-9(8)13)17-3-2-16-10/h4-5H,2-3,6-7,13H2,1H3. The number of rotatable bonds is 4. The van der Waals surface area contributed by atoms with Gasteiger partial charge in [0, 0.05) is 17.5 Å². The van der Waals surface area contributed by atoms with Crippen LogP contribution in [0, 0.1) is 0 Å².